The average Bonchev–Trinajstić information content (AvgIpc) is 3.40. The van der Waals surface area contributed by atoms with Crippen LogP contribution < -0.4 is 4.74 Å². The molecular formula is C19H19N5OS. The van der Waals surface area contributed by atoms with Crippen LogP contribution in [0, 0.1) is 0 Å². The summed E-state index contributed by atoms with van der Waals surface area (Å²) in [6.07, 6.45) is 10.4. The molecular weight excluding hydrogens is 346 g/mol. The molecule has 4 aromatic rings. The maximum Gasteiger partial charge on any atom is 0.151 e. The molecule has 26 heavy (non-hydrogen) atoms. The van der Waals surface area contributed by atoms with Crippen LogP contribution in [0.5, 0.6) is 5.75 Å². The average molecular weight is 365 g/mol. The molecule has 0 saturated carbocycles. The molecule has 6 nitrogen and oxygen atoms in total. The summed E-state index contributed by atoms with van der Waals surface area (Å²) < 4.78 is 9.50. The molecule has 3 heterocycles. The zero-order valence-electron chi connectivity index (χ0n) is 14.7. The Bertz CT molecular complexity index is 1020. The number of aryl methyl sites for hydroxylation is 3. The van der Waals surface area contributed by atoms with Gasteiger partial charge in [0.1, 0.15) is 16.6 Å². The Kier molecular flexibility index (Phi) is 4.53. The molecule has 0 aliphatic carbocycles. The third kappa shape index (κ3) is 3.25. The maximum absolute atomic E-state index is 5.30. The summed E-state index contributed by atoms with van der Waals surface area (Å²) in [6.45, 7) is 0.826. The largest absolute Gasteiger partial charge is 0.497 e. The lowest BCUT2D eigenvalue weighted by atomic mass is 10.2. The van der Waals surface area contributed by atoms with Crippen molar-refractivity contribution in [3.05, 3.63) is 61.1 Å². The molecule has 1 aromatic carbocycles. The van der Waals surface area contributed by atoms with Gasteiger partial charge in [-0.25, -0.2) is 15.0 Å². The van der Waals surface area contributed by atoms with Gasteiger partial charge >= 0.3 is 0 Å². The van der Waals surface area contributed by atoms with Crippen LogP contribution in [0.1, 0.15) is 5.82 Å². The Balaban J connectivity index is 1.56. The highest BCUT2D eigenvalue weighted by Gasteiger charge is 2.12. The van der Waals surface area contributed by atoms with Crippen LogP contribution in [-0.2, 0) is 20.0 Å². The first-order valence-corrected chi connectivity index (χ1v) is 9.14. The van der Waals surface area contributed by atoms with Crippen molar-refractivity contribution in [2.75, 3.05) is 7.11 Å². The van der Waals surface area contributed by atoms with E-state index in [1.165, 1.54) is 0 Å². The SMILES string of the molecule is COc1cccc(-c2ncc(-c3nccn3CCc3nccn3C)s2)c1. The minimum atomic E-state index is 0.826. The third-order valence-electron chi connectivity index (χ3n) is 4.26. The Morgan fingerprint density at radius 3 is 2.81 bits per heavy atom. The van der Waals surface area contributed by atoms with E-state index in [4.69, 9.17) is 4.74 Å². The summed E-state index contributed by atoms with van der Waals surface area (Å²) in [5.74, 6) is 2.83. The second-order valence-corrected chi connectivity index (χ2v) is 6.94. The predicted molar refractivity (Wildman–Crippen MR) is 102 cm³/mol. The van der Waals surface area contributed by atoms with Crippen LogP contribution in [0.25, 0.3) is 21.3 Å². The van der Waals surface area contributed by atoms with Gasteiger partial charge < -0.3 is 13.9 Å². The molecule has 0 atom stereocenters. The molecule has 132 valence electrons. The number of hydrogen-bond donors (Lipinski definition) is 0. The van der Waals surface area contributed by atoms with E-state index >= 15 is 0 Å². The minimum absolute atomic E-state index is 0.826. The van der Waals surface area contributed by atoms with E-state index in [0.29, 0.717) is 0 Å². The summed E-state index contributed by atoms with van der Waals surface area (Å²) in [6, 6.07) is 7.94. The quantitative estimate of drug-likeness (QED) is 0.523. The van der Waals surface area contributed by atoms with Crippen LogP contribution in [0.2, 0.25) is 0 Å². The lowest BCUT2D eigenvalue weighted by Crippen LogP contribution is -2.06. The van der Waals surface area contributed by atoms with E-state index in [1.807, 2.05) is 66.9 Å². The molecule has 0 aliphatic heterocycles. The fraction of sp³-hybridized carbons (Fsp3) is 0.211. The molecule has 0 fully saturated rings. The minimum Gasteiger partial charge on any atom is -0.497 e. The molecule has 0 aliphatic rings. The Labute approximate surface area is 155 Å². The Morgan fingerprint density at radius 2 is 2.00 bits per heavy atom. The first kappa shape index (κ1) is 16.5. The smallest absolute Gasteiger partial charge is 0.151 e. The number of thiazole rings is 1. The van der Waals surface area contributed by atoms with Gasteiger partial charge in [-0.3, -0.25) is 0 Å². The number of imidazole rings is 2. The highest BCUT2D eigenvalue weighted by Crippen LogP contribution is 2.32. The molecule has 3 aromatic heterocycles. The predicted octanol–water partition coefficient (Wildman–Crippen LogP) is 3.66. The summed E-state index contributed by atoms with van der Waals surface area (Å²) in [5.41, 5.74) is 1.05. The Hall–Kier alpha value is -2.93. The normalized spacial score (nSPS) is 11.0. The summed E-state index contributed by atoms with van der Waals surface area (Å²) in [5, 5.41) is 0.956. The molecule has 0 unspecified atom stereocenters. The van der Waals surface area contributed by atoms with Crippen molar-refractivity contribution in [2.24, 2.45) is 7.05 Å². The van der Waals surface area contributed by atoms with Gasteiger partial charge in [0, 0.05) is 56.6 Å². The fourth-order valence-corrected chi connectivity index (χ4v) is 3.76. The number of ether oxygens (including phenoxy) is 1. The summed E-state index contributed by atoms with van der Waals surface area (Å²) in [7, 11) is 3.69. The van der Waals surface area contributed by atoms with Crippen molar-refractivity contribution in [1.29, 1.82) is 0 Å². The van der Waals surface area contributed by atoms with Gasteiger partial charge in [-0.05, 0) is 12.1 Å². The highest BCUT2D eigenvalue weighted by atomic mass is 32.1. The zero-order chi connectivity index (χ0) is 17.9. The molecule has 7 heteroatoms. The van der Waals surface area contributed by atoms with Crippen molar-refractivity contribution >= 4 is 11.3 Å². The first-order chi connectivity index (χ1) is 12.7. The second-order valence-electron chi connectivity index (χ2n) is 5.91. The number of aromatic nitrogens is 5. The lowest BCUT2D eigenvalue weighted by molar-refractivity contribution is 0.415. The summed E-state index contributed by atoms with van der Waals surface area (Å²) in [4.78, 5) is 14.5. The number of hydrogen-bond acceptors (Lipinski definition) is 5. The van der Waals surface area contributed by atoms with Gasteiger partial charge in [0.2, 0.25) is 0 Å². The number of methoxy groups -OCH3 is 1. The van der Waals surface area contributed by atoms with E-state index in [0.717, 1.165) is 45.8 Å². The zero-order valence-corrected chi connectivity index (χ0v) is 15.5. The van der Waals surface area contributed by atoms with Crippen LogP contribution in [0.15, 0.2) is 55.2 Å². The van der Waals surface area contributed by atoms with Gasteiger partial charge in [0.15, 0.2) is 5.82 Å². The van der Waals surface area contributed by atoms with Crippen LogP contribution in [0.3, 0.4) is 0 Å². The van der Waals surface area contributed by atoms with Crippen molar-refractivity contribution < 1.29 is 4.74 Å². The van der Waals surface area contributed by atoms with Gasteiger partial charge in [-0.2, -0.15) is 0 Å². The number of nitrogens with zero attached hydrogens (tertiary/aromatic N) is 5. The lowest BCUT2D eigenvalue weighted by Gasteiger charge is -2.06. The summed E-state index contributed by atoms with van der Waals surface area (Å²) >= 11 is 1.63. The first-order valence-electron chi connectivity index (χ1n) is 8.32. The second kappa shape index (κ2) is 7.13. The van der Waals surface area contributed by atoms with E-state index in [9.17, 15) is 0 Å². The van der Waals surface area contributed by atoms with Crippen LogP contribution >= 0.6 is 11.3 Å². The van der Waals surface area contributed by atoms with Crippen molar-refractivity contribution in [3.8, 4) is 27.0 Å². The third-order valence-corrected chi connectivity index (χ3v) is 5.30. The highest BCUT2D eigenvalue weighted by molar-refractivity contribution is 7.18. The monoisotopic (exact) mass is 365 g/mol. The molecule has 0 spiro atoms. The fourth-order valence-electron chi connectivity index (χ4n) is 2.84. The number of benzene rings is 1. The molecule has 0 amide bonds. The molecule has 0 radical (unpaired) electrons. The van der Waals surface area contributed by atoms with Crippen molar-refractivity contribution in [1.82, 2.24) is 24.1 Å². The maximum atomic E-state index is 5.30. The van der Waals surface area contributed by atoms with Crippen molar-refractivity contribution in [3.63, 3.8) is 0 Å². The molecule has 0 bridgehead atoms. The van der Waals surface area contributed by atoms with Crippen LogP contribution in [0.4, 0.5) is 0 Å². The van der Waals surface area contributed by atoms with Gasteiger partial charge in [-0.15, -0.1) is 11.3 Å². The topological polar surface area (TPSA) is 57.8 Å². The molecule has 0 N–H and O–H groups in total. The van der Waals surface area contributed by atoms with E-state index in [1.54, 1.807) is 18.4 Å². The van der Waals surface area contributed by atoms with Gasteiger partial charge in [-0.1, -0.05) is 12.1 Å². The molecule has 4 rings (SSSR count). The Morgan fingerprint density at radius 1 is 1.12 bits per heavy atom. The number of rotatable bonds is 6. The molecule has 0 saturated heterocycles. The standard InChI is InChI=1S/C19H19N5OS/c1-23-10-7-20-17(23)6-9-24-11-8-21-18(24)16-13-22-19(26-16)14-4-3-5-15(12-14)25-2/h3-5,7-8,10-13H,6,9H2,1-2H3. The van der Waals surface area contributed by atoms with Gasteiger partial charge in [0.05, 0.1) is 12.0 Å². The van der Waals surface area contributed by atoms with Crippen LogP contribution in [-0.4, -0.2) is 31.2 Å². The van der Waals surface area contributed by atoms with E-state index in [-0.39, 0.29) is 0 Å². The van der Waals surface area contributed by atoms with Crippen molar-refractivity contribution in [2.45, 2.75) is 13.0 Å². The van der Waals surface area contributed by atoms with E-state index < -0.39 is 0 Å². The van der Waals surface area contributed by atoms with Gasteiger partial charge in [0.25, 0.3) is 0 Å². The van der Waals surface area contributed by atoms with E-state index in [2.05, 4.69) is 19.5 Å².